The molecule has 0 spiro atoms. The van der Waals surface area contributed by atoms with Gasteiger partial charge >= 0.3 is 5.97 Å². The van der Waals surface area contributed by atoms with E-state index in [4.69, 9.17) is 5.11 Å². The monoisotopic (exact) mass is 254 g/mol. The number of anilines is 1. The van der Waals surface area contributed by atoms with Crippen molar-refractivity contribution in [2.75, 3.05) is 5.32 Å². The maximum absolute atomic E-state index is 10.8. The first kappa shape index (κ1) is 11.1. The van der Waals surface area contributed by atoms with Crippen molar-refractivity contribution in [2.24, 2.45) is 0 Å². The molecule has 0 amide bonds. The fourth-order valence-corrected chi connectivity index (χ4v) is 2.80. The standard InChI is InChI=1S/C10H10N2O2S2/c1-6-3-15-4-7(6)2-11-9-8(10(13)14)12-5-16-9/h3-5,11H,2H2,1H3,(H,13,14). The second-order valence-corrected chi connectivity index (χ2v) is 4.87. The van der Waals surface area contributed by atoms with Crippen LogP contribution in [0.1, 0.15) is 21.6 Å². The largest absolute Gasteiger partial charge is 0.476 e. The van der Waals surface area contributed by atoms with Crippen molar-refractivity contribution in [2.45, 2.75) is 13.5 Å². The van der Waals surface area contributed by atoms with Gasteiger partial charge in [0, 0.05) is 6.54 Å². The van der Waals surface area contributed by atoms with Crippen LogP contribution in [0.15, 0.2) is 16.3 Å². The number of rotatable bonds is 4. The van der Waals surface area contributed by atoms with Crippen LogP contribution in [0, 0.1) is 6.92 Å². The summed E-state index contributed by atoms with van der Waals surface area (Å²) in [5.74, 6) is -0.995. The highest BCUT2D eigenvalue weighted by Crippen LogP contribution is 2.22. The maximum atomic E-state index is 10.8. The molecule has 2 N–H and O–H groups in total. The molecule has 2 heterocycles. The Balaban J connectivity index is 2.08. The van der Waals surface area contributed by atoms with E-state index in [2.05, 4.69) is 21.1 Å². The van der Waals surface area contributed by atoms with Crippen LogP contribution < -0.4 is 5.32 Å². The highest BCUT2D eigenvalue weighted by molar-refractivity contribution is 7.14. The summed E-state index contributed by atoms with van der Waals surface area (Å²) in [4.78, 5) is 14.6. The molecule has 0 aliphatic heterocycles. The Morgan fingerprint density at radius 3 is 3.00 bits per heavy atom. The number of thiophene rings is 1. The summed E-state index contributed by atoms with van der Waals surface area (Å²) in [6.45, 7) is 2.68. The molecule has 0 aromatic carbocycles. The Kier molecular flexibility index (Phi) is 3.21. The van der Waals surface area contributed by atoms with Crippen molar-refractivity contribution >= 4 is 33.6 Å². The molecular formula is C10H10N2O2S2. The van der Waals surface area contributed by atoms with E-state index in [1.165, 1.54) is 28.0 Å². The number of thiazole rings is 1. The molecule has 0 fully saturated rings. The van der Waals surface area contributed by atoms with E-state index >= 15 is 0 Å². The molecule has 0 unspecified atom stereocenters. The van der Waals surface area contributed by atoms with Gasteiger partial charge in [-0.2, -0.15) is 11.3 Å². The molecule has 16 heavy (non-hydrogen) atoms. The minimum Gasteiger partial charge on any atom is -0.476 e. The number of hydrogen-bond acceptors (Lipinski definition) is 5. The minimum atomic E-state index is -0.995. The van der Waals surface area contributed by atoms with Gasteiger partial charge in [0.25, 0.3) is 0 Å². The average Bonchev–Trinajstić information content (AvgIpc) is 2.83. The summed E-state index contributed by atoms with van der Waals surface area (Å²) < 4.78 is 0. The Labute approximate surface area is 101 Å². The molecule has 0 aliphatic rings. The predicted octanol–water partition coefficient (Wildman–Crippen LogP) is 2.82. The molecule has 0 bridgehead atoms. The van der Waals surface area contributed by atoms with E-state index in [1.807, 2.05) is 6.92 Å². The zero-order valence-electron chi connectivity index (χ0n) is 8.56. The van der Waals surface area contributed by atoms with Crippen LogP contribution >= 0.6 is 22.7 Å². The number of nitrogens with zero attached hydrogens (tertiary/aromatic N) is 1. The molecule has 0 saturated heterocycles. The Hall–Kier alpha value is -1.40. The van der Waals surface area contributed by atoms with E-state index in [1.54, 1.807) is 11.3 Å². The molecule has 2 aromatic heterocycles. The predicted molar refractivity (Wildman–Crippen MR) is 65.5 cm³/mol. The van der Waals surface area contributed by atoms with Gasteiger partial charge in [0.1, 0.15) is 5.00 Å². The number of carboxylic acid groups (broad SMARTS) is 1. The van der Waals surface area contributed by atoms with Crippen LogP contribution in [0.4, 0.5) is 5.00 Å². The maximum Gasteiger partial charge on any atom is 0.357 e. The van der Waals surface area contributed by atoms with E-state index in [0.29, 0.717) is 11.5 Å². The van der Waals surface area contributed by atoms with Crippen LogP contribution in [0.5, 0.6) is 0 Å². The lowest BCUT2D eigenvalue weighted by Crippen LogP contribution is -2.04. The van der Waals surface area contributed by atoms with Gasteiger partial charge in [0.05, 0.1) is 5.51 Å². The number of nitrogens with one attached hydrogen (secondary N) is 1. The lowest BCUT2D eigenvalue weighted by Gasteiger charge is -2.03. The van der Waals surface area contributed by atoms with Crippen LogP contribution in [-0.4, -0.2) is 16.1 Å². The van der Waals surface area contributed by atoms with Gasteiger partial charge in [0.15, 0.2) is 5.69 Å². The van der Waals surface area contributed by atoms with Gasteiger partial charge in [-0.15, -0.1) is 11.3 Å². The van der Waals surface area contributed by atoms with Gasteiger partial charge in [-0.05, 0) is 28.8 Å². The summed E-state index contributed by atoms with van der Waals surface area (Å²) in [5.41, 5.74) is 4.04. The van der Waals surface area contributed by atoms with Crippen molar-refractivity contribution in [1.82, 2.24) is 4.98 Å². The topological polar surface area (TPSA) is 62.2 Å². The highest BCUT2D eigenvalue weighted by atomic mass is 32.1. The SMILES string of the molecule is Cc1cscc1CNc1scnc1C(=O)O. The number of hydrogen-bond donors (Lipinski definition) is 2. The van der Waals surface area contributed by atoms with Gasteiger partial charge < -0.3 is 10.4 Å². The second-order valence-electron chi connectivity index (χ2n) is 3.27. The average molecular weight is 254 g/mol. The molecule has 6 heteroatoms. The normalized spacial score (nSPS) is 10.3. The molecule has 2 aromatic rings. The first-order chi connectivity index (χ1) is 7.68. The van der Waals surface area contributed by atoms with Crippen LogP contribution in [0.25, 0.3) is 0 Å². The summed E-state index contributed by atoms with van der Waals surface area (Å²) in [6.07, 6.45) is 0. The number of aromatic carboxylic acids is 1. The summed E-state index contributed by atoms with van der Waals surface area (Å²) in [7, 11) is 0. The smallest absolute Gasteiger partial charge is 0.357 e. The van der Waals surface area contributed by atoms with Gasteiger partial charge in [-0.1, -0.05) is 0 Å². The molecule has 0 radical (unpaired) electrons. The molecule has 0 atom stereocenters. The molecule has 84 valence electrons. The summed E-state index contributed by atoms with van der Waals surface area (Å²) in [6, 6.07) is 0. The third-order valence-corrected chi connectivity index (χ3v) is 3.87. The minimum absolute atomic E-state index is 0.0953. The van der Waals surface area contributed by atoms with E-state index in [0.717, 1.165) is 0 Å². The van der Waals surface area contributed by atoms with Crippen molar-refractivity contribution in [3.05, 3.63) is 33.1 Å². The quantitative estimate of drug-likeness (QED) is 0.880. The summed E-state index contributed by atoms with van der Waals surface area (Å²) >= 11 is 2.95. The Morgan fingerprint density at radius 2 is 2.38 bits per heavy atom. The molecule has 2 rings (SSSR count). The lowest BCUT2D eigenvalue weighted by atomic mass is 10.2. The first-order valence-electron chi connectivity index (χ1n) is 4.61. The van der Waals surface area contributed by atoms with Crippen molar-refractivity contribution in [3.63, 3.8) is 0 Å². The van der Waals surface area contributed by atoms with Crippen molar-refractivity contribution < 1.29 is 9.90 Å². The van der Waals surface area contributed by atoms with E-state index in [9.17, 15) is 4.79 Å². The second kappa shape index (κ2) is 4.63. The zero-order valence-corrected chi connectivity index (χ0v) is 10.2. The number of aromatic nitrogens is 1. The molecule has 0 saturated carbocycles. The summed E-state index contributed by atoms with van der Waals surface area (Å²) in [5, 5.41) is 16.7. The number of aryl methyl sites for hydroxylation is 1. The Morgan fingerprint density at radius 1 is 1.56 bits per heavy atom. The fourth-order valence-electron chi connectivity index (χ4n) is 1.27. The molecular weight excluding hydrogens is 244 g/mol. The van der Waals surface area contributed by atoms with Gasteiger partial charge in [0.2, 0.25) is 0 Å². The third kappa shape index (κ3) is 2.23. The van der Waals surface area contributed by atoms with Crippen LogP contribution in [-0.2, 0) is 6.54 Å². The van der Waals surface area contributed by atoms with Gasteiger partial charge in [-0.3, -0.25) is 0 Å². The van der Waals surface area contributed by atoms with E-state index in [-0.39, 0.29) is 5.69 Å². The van der Waals surface area contributed by atoms with Crippen LogP contribution in [0.2, 0.25) is 0 Å². The van der Waals surface area contributed by atoms with Gasteiger partial charge in [-0.25, -0.2) is 9.78 Å². The highest BCUT2D eigenvalue weighted by Gasteiger charge is 2.13. The zero-order chi connectivity index (χ0) is 11.5. The molecule has 4 nitrogen and oxygen atoms in total. The Bertz CT molecular complexity index is 504. The third-order valence-electron chi connectivity index (χ3n) is 2.17. The molecule has 0 aliphatic carbocycles. The van der Waals surface area contributed by atoms with Crippen molar-refractivity contribution in [1.29, 1.82) is 0 Å². The van der Waals surface area contributed by atoms with Crippen molar-refractivity contribution in [3.8, 4) is 0 Å². The number of carboxylic acids is 1. The fraction of sp³-hybridized carbons (Fsp3) is 0.200. The van der Waals surface area contributed by atoms with Crippen LogP contribution in [0.3, 0.4) is 0 Å². The number of carbonyl (C=O) groups is 1. The first-order valence-corrected chi connectivity index (χ1v) is 6.43. The van der Waals surface area contributed by atoms with E-state index < -0.39 is 5.97 Å². The lowest BCUT2D eigenvalue weighted by molar-refractivity contribution is 0.0692.